The van der Waals surface area contributed by atoms with Gasteiger partial charge in [-0.25, -0.2) is 0 Å². The summed E-state index contributed by atoms with van der Waals surface area (Å²) in [4.78, 5) is 37.1. The average molecular weight is 402 g/mol. The van der Waals surface area contributed by atoms with Crippen LogP contribution in [-0.2, 0) is 9.59 Å². The van der Waals surface area contributed by atoms with Crippen molar-refractivity contribution in [1.29, 1.82) is 0 Å². The Hall–Kier alpha value is -2.78. The van der Waals surface area contributed by atoms with Gasteiger partial charge in [-0.2, -0.15) is 11.3 Å². The highest BCUT2D eigenvalue weighted by atomic mass is 32.1. The van der Waals surface area contributed by atoms with Gasteiger partial charge < -0.3 is 10.6 Å². The largest absolute Gasteiger partial charge is 0.346 e. The van der Waals surface area contributed by atoms with Crippen molar-refractivity contribution in [3.63, 3.8) is 0 Å². The molecule has 8 nitrogen and oxygen atoms in total. The lowest BCUT2D eigenvalue weighted by atomic mass is 10.1. The van der Waals surface area contributed by atoms with E-state index in [1.54, 1.807) is 18.3 Å². The van der Waals surface area contributed by atoms with Gasteiger partial charge in [0.15, 0.2) is 0 Å². The third-order valence-electron chi connectivity index (χ3n) is 4.84. The van der Waals surface area contributed by atoms with E-state index in [1.165, 1.54) is 18.2 Å². The summed E-state index contributed by atoms with van der Waals surface area (Å²) in [5.41, 5.74) is 1.96. The maximum atomic E-state index is 12.3. The SMILES string of the molecule is Cc1cc([N+](=O)[O-])ccc1NC(=O)C(=O)NCC(c1ccsc1)N1CCCC1. The standard InChI is InChI=1S/C19H22N4O4S/c1-13-10-15(23(26)27)4-5-16(13)21-19(25)18(24)20-11-17(14-6-9-28-12-14)22-7-2-3-8-22/h4-6,9-10,12,17H,2-3,7-8,11H2,1H3,(H,20,24)(H,21,25). The number of hydrogen-bond acceptors (Lipinski definition) is 6. The predicted octanol–water partition coefficient (Wildman–Crippen LogP) is 2.86. The molecule has 2 N–H and O–H groups in total. The van der Waals surface area contributed by atoms with E-state index in [4.69, 9.17) is 0 Å². The molecule has 0 spiro atoms. The minimum Gasteiger partial charge on any atom is -0.346 e. The van der Waals surface area contributed by atoms with E-state index in [-0.39, 0.29) is 11.7 Å². The Balaban J connectivity index is 1.60. The Morgan fingerprint density at radius 1 is 1.25 bits per heavy atom. The number of rotatable bonds is 6. The van der Waals surface area contributed by atoms with Crippen LogP contribution in [0.1, 0.15) is 30.0 Å². The van der Waals surface area contributed by atoms with Gasteiger partial charge in [0.2, 0.25) is 0 Å². The quantitative estimate of drug-likeness (QED) is 0.439. The zero-order chi connectivity index (χ0) is 20.1. The molecule has 1 atom stereocenters. The molecule has 3 rings (SSSR count). The highest BCUT2D eigenvalue weighted by Gasteiger charge is 2.25. The van der Waals surface area contributed by atoms with Gasteiger partial charge in [-0.05, 0) is 66.9 Å². The maximum Gasteiger partial charge on any atom is 0.313 e. The monoisotopic (exact) mass is 402 g/mol. The number of nitrogens with one attached hydrogen (secondary N) is 2. The van der Waals surface area contributed by atoms with Crippen molar-refractivity contribution in [2.75, 3.05) is 25.0 Å². The van der Waals surface area contributed by atoms with Crippen molar-refractivity contribution < 1.29 is 14.5 Å². The number of carbonyl (C=O) groups is 2. The lowest BCUT2D eigenvalue weighted by molar-refractivity contribution is -0.384. The smallest absolute Gasteiger partial charge is 0.313 e. The molecule has 0 bridgehead atoms. The zero-order valence-electron chi connectivity index (χ0n) is 15.5. The van der Waals surface area contributed by atoms with Crippen LogP contribution in [0.2, 0.25) is 0 Å². The van der Waals surface area contributed by atoms with Crippen molar-refractivity contribution in [1.82, 2.24) is 10.2 Å². The molecule has 1 aromatic heterocycles. The van der Waals surface area contributed by atoms with Gasteiger partial charge in [0.1, 0.15) is 0 Å². The lowest BCUT2D eigenvalue weighted by Crippen LogP contribution is -2.41. The summed E-state index contributed by atoms with van der Waals surface area (Å²) in [5, 5.41) is 20.1. The fourth-order valence-electron chi connectivity index (χ4n) is 3.33. The van der Waals surface area contributed by atoms with Crippen LogP contribution in [0.4, 0.5) is 11.4 Å². The van der Waals surface area contributed by atoms with Crippen LogP contribution in [-0.4, -0.2) is 41.3 Å². The maximum absolute atomic E-state index is 12.3. The Morgan fingerprint density at radius 3 is 2.61 bits per heavy atom. The van der Waals surface area contributed by atoms with Crippen molar-refractivity contribution in [3.05, 3.63) is 56.3 Å². The second-order valence-electron chi connectivity index (χ2n) is 6.74. The number of aryl methyl sites for hydroxylation is 1. The summed E-state index contributed by atoms with van der Waals surface area (Å²) in [7, 11) is 0. The molecule has 1 unspecified atom stereocenters. The minimum atomic E-state index is -0.789. The Bertz CT molecular complexity index is 863. The number of nitro benzene ring substituents is 1. The van der Waals surface area contributed by atoms with Gasteiger partial charge in [-0.15, -0.1) is 0 Å². The first-order chi connectivity index (χ1) is 13.5. The minimum absolute atomic E-state index is 0.0478. The second-order valence-corrected chi connectivity index (χ2v) is 7.52. The Labute approximate surface area is 166 Å². The molecule has 9 heteroatoms. The summed E-state index contributed by atoms with van der Waals surface area (Å²) in [5.74, 6) is -1.51. The van der Waals surface area contributed by atoms with Gasteiger partial charge >= 0.3 is 11.8 Å². The third kappa shape index (κ3) is 4.73. The molecular weight excluding hydrogens is 380 g/mol. The topological polar surface area (TPSA) is 105 Å². The van der Waals surface area contributed by atoms with Crippen LogP contribution in [0.5, 0.6) is 0 Å². The van der Waals surface area contributed by atoms with Gasteiger partial charge in [0, 0.05) is 24.4 Å². The number of carbonyl (C=O) groups excluding carboxylic acids is 2. The van der Waals surface area contributed by atoms with Gasteiger partial charge in [-0.3, -0.25) is 24.6 Å². The summed E-state index contributed by atoms with van der Waals surface area (Å²) in [6, 6.07) is 6.16. The van der Waals surface area contributed by atoms with E-state index >= 15 is 0 Å². The molecule has 2 amide bonds. The van der Waals surface area contributed by atoms with E-state index in [1.807, 2.05) is 11.4 Å². The first-order valence-electron chi connectivity index (χ1n) is 9.06. The van der Waals surface area contributed by atoms with Crippen molar-refractivity contribution in [2.45, 2.75) is 25.8 Å². The molecule has 2 aromatic rings. The first-order valence-corrected chi connectivity index (χ1v) is 10.0. The Kier molecular flexibility index (Phi) is 6.37. The predicted molar refractivity (Wildman–Crippen MR) is 107 cm³/mol. The molecule has 1 fully saturated rings. The highest BCUT2D eigenvalue weighted by Crippen LogP contribution is 2.26. The van der Waals surface area contributed by atoms with Gasteiger partial charge in [0.05, 0.1) is 11.0 Å². The number of thiophene rings is 1. The molecule has 28 heavy (non-hydrogen) atoms. The number of nitro groups is 1. The van der Waals surface area contributed by atoms with Crippen LogP contribution in [0, 0.1) is 17.0 Å². The molecular formula is C19H22N4O4S. The third-order valence-corrected chi connectivity index (χ3v) is 5.54. The molecule has 148 valence electrons. The molecule has 0 aliphatic carbocycles. The molecule has 1 saturated heterocycles. The van der Waals surface area contributed by atoms with Crippen LogP contribution in [0.3, 0.4) is 0 Å². The lowest BCUT2D eigenvalue weighted by Gasteiger charge is -2.27. The van der Waals surface area contributed by atoms with Crippen LogP contribution in [0.25, 0.3) is 0 Å². The molecule has 1 aliphatic heterocycles. The zero-order valence-corrected chi connectivity index (χ0v) is 16.3. The highest BCUT2D eigenvalue weighted by molar-refractivity contribution is 7.08. The number of benzene rings is 1. The van der Waals surface area contributed by atoms with Crippen LogP contribution >= 0.6 is 11.3 Å². The van der Waals surface area contributed by atoms with E-state index in [0.29, 0.717) is 17.8 Å². The second kappa shape index (κ2) is 8.94. The van der Waals surface area contributed by atoms with Crippen LogP contribution < -0.4 is 10.6 Å². The molecule has 1 aliphatic rings. The van der Waals surface area contributed by atoms with Crippen molar-refractivity contribution in [3.8, 4) is 0 Å². The fraction of sp³-hybridized carbons (Fsp3) is 0.368. The Morgan fingerprint density at radius 2 is 2.00 bits per heavy atom. The number of anilines is 1. The van der Waals surface area contributed by atoms with Crippen LogP contribution in [0.15, 0.2) is 35.0 Å². The van der Waals surface area contributed by atoms with E-state index in [2.05, 4.69) is 20.9 Å². The van der Waals surface area contributed by atoms with E-state index < -0.39 is 16.7 Å². The summed E-state index contributed by atoms with van der Waals surface area (Å²) >= 11 is 1.61. The van der Waals surface area contributed by atoms with Crippen molar-refractivity contribution >= 4 is 34.5 Å². The number of likely N-dealkylation sites (tertiary alicyclic amines) is 1. The van der Waals surface area contributed by atoms with E-state index in [0.717, 1.165) is 31.5 Å². The summed E-state index contributed by atoms with van der Waals surface area (Å²) in [6.45, 7) is 3.94. The first kappa shape index (κ1) is 20.0. The fourth-order valence-corrected chi connectivity index (χ4v) is 4.03. The van der Waals surface area contributed by atoms with Crippen molar-refractivity contribution in [2.24, 2.45) is 0 Å². The van der Waals surface area contributed by atoms with E-state index in [9.17, 15) is 19.7 Å². The summed E-state index contributed by atoms with van der Waals surface area (Å²) in [6.07, 6.45) is 2.27. The molecule has 1 aromatic carbocycles. The number of amides is 2. The van der Waals surface area contributed by atoms with Gasteiger partial charge in [0.25, 0.3) is 5.69 Å². The molecule has 2 heterocycles. The summed E-state index contributed by atoms with van der Waals surface area (Å²) < 4.78 is 0. The van der Waals surface area contributed by atoms with Gasteiger partial charge in [-0.1, -0.05) is 0 Å². The number of nitrogens with zero attached hydrogens (tertiary/aromatic N) is 2. The molecule has 0 saturated carbocycles. The number of hydrogen-bond donors (Lipinski definition) is 2. The normalized spacial score (nSPS) is 15.2. The molecule has 0 radical (unpaired) electrons. The number of non-ortho nitro benzene ring substituents is 1. The average Bonchev–Trinajstić information content (AvgIpc) is 3.37.